The zero-order chi connectivity index (χ0) is 26.6. The van der Waals surface area contributed by atoms with Gasteiger partial charge in [0.15, 0.2) is 12.4 Å². The van der Waals surface area contributed by atoms with Crippen LogP contribution in [0.3, 0.4) is 0 Å². The van der Waals surface area contributed by atoms with E-state index < -0.39 is 61.9 Å². The quantitative estimate of drug-likeness (QED) is 0.350. The Morgan fingerprint density at radius 2 is 1.92 bits per heavy atom. The number of hydrogen-bond donors (Lipinski definition) is 2. The Bertz CT molecular complexity index is 1220. The van der Waals surface area contributed by atoms with Crippen LogP contribution in [-0.4, -0.2) is 57.9 Å². The number of para-hydroxylation sites is 1. The molecule has 2 N–H and O–H groups in total. The molecule has 0 aliphatic carbocycles. The predicted octanol–water partition coefficient (Wildman–Crippen LogP) is 2.32. The van der Waals surface area contributed by atoms with E-state index in [0.29, 0.717) is 0 Å². The Balaban J connectivity index is 1.77. The summed E-state index contributed by atoms with van der Waals surface area (Å²) in [7, 11) is -4.04. The van der Waals surface area contributed by atoms with Crippen LogP contribution < -0.4 is 15.8 Å². The van der Waals surface area contributed by atoms with Gasteiger partial charge in [-0.3, -0.25) is 23.7 Å². The van der Waals surface area contributed by atoms with Gasteiger partial charge in [0.1, 0.15) is 18.0 Å². The molecule has 1 fully saturated rings. The Morgan fingerprint density at radius 3 is 2.56 bits per heavy atom. The first-order valence-electron chi connectivity index (χ1n) is 11.4. The fourth-order valence-electron chi connectivity index (χ4n) is 3.54. The molecule has 1 aromatic heterocycles. The van der Waals surface area contributed by atoms with Crippen molar-refractivity contribution in [3.63, 3.8) is 0 Å². The molecule has 0 unspecified atom stereocenters. The van der Waals surface area contributed by atoms with Gasteiger partial charge in [-0.1, -0.05) is 25.1 Å². The number of aromatic nitrogens is 2. The van der Waals surface area contributed by atoms with E-state index in [1.165, 1.54) is 13.8 Å². The van der Waals surface area contributed by atoms with Gasteiger partial charge >= 0.3 is 19.3 Å². The van der Waals surface area contributed by atoms with Crippen molar-refractivity contribution in [2.24, 2.45) is 5.92 Å². The van der Waals surface area contributed by atoms with Gasteiger partial charge in [-0.05, 0) is 32.9 Å². The second kappa shape index (κ2) is 11.5. The molecule has 1 aliphatic heterocycles. The molecular formula is C23H30FN2O9P. The molecular weight excluding hydrogens is 498 g/mol. The van der Waals surface area contributed by atoms with Crippen molar-refractivity contribution >= 4 is 13.6 Å². The van der Waals surface area contributed by atoms with Gasteiger partial charge < -0.3 is 19.1 Å². The number of alkyl halides is 1. The number of benzene rings is 1. The largest absolute Gasteiger partial charge is 0.463 e. The number of aliphatic hydroxyl groups excluding tert-OH is 1. The van der Waals surface area contributed by atoms with Crippen molar-refractivity contribution in [3.05, 3.63) is 62.9 Å². The minimum Gasteiger partial charge on any atom is -0.463 e. The van der Waals surface area contributed by atoms with E-state index in [4.69, 9.17) is 18.5 Å². The Morgan fingerprint density at radius 1 is 1.25 bits per heavy atom. The summed E-state index contributed by atoms with van der Waals surface area (Å²) in [6.07, 6.45) is -6.26. The fourth-order valence-corrected chi connectivity index (χ4v) is 5.41. The van der Waals surface area contributed by atoms with Crippen LogP contribution in [-0.2, 0) is 23.4 Å². The number of carbonyl (C=O) groups is 1. The highest BCUT2D eigenvalue weighted by molar-refractivity contribution is 7.54. The monoisotopic (exact) mass is 528 g/mol. The number of nitrogens with zero attached hydrogens (tertiary/aromatic N) is 1. The second-order valence-corrected chi connectivity index (χ2v) is 10.9. The molecule has 6 atom stereocenters. The van der Waals surface area contributed by atoms with Gasteiger partial charge in [0.05, 0.1) is 24.8 Å². The summed E-state index contributed by atoms with van der Waals surface area (Å²) >= 11 is 0. The van der Waals surface area contributed by atoms with E-state index in [1.54, 1.807) is 44.2 Å². The fraction of sp³-hybridized carbons (Fsp3) is 0.522. The summed E-state index contributed by atoms with van der Waals surface area (Å²) in [5.41, 5.74) is -1.40. The minimum absolute atomic E-state index is 0.141. The summed E-state index contributed by atoms with van der Waals surface area (Å²) in [5.74, 6) is -1.24. The lowest BCUT2D eigenvalue weighted by molar-refractivity contribution is -0.151. The maximum atomic E-state index is 14.9. The number of ether oxygens (including phenoxy) is 2. The number of H-pyrrole nitrogens is 1. The first-order valence-corrected chi connectivity index (χ1v) is 13.1. The molecule has 36 heavy (non-hydrogen) atoms. The zero-order valence-electron chi connectivity index (χ0n) is 20.3. The molecule has 13 heteroatoms. The number of rotatable bonds is 10. The molecule has 198 valence electrons. The lowest BCUT2D eigenvalue weighted by Gasteiger charge is -2.24. The molecule has 1 saturated heterocycles. The van der Waals surface area contributed by atoms with Crippen LogP contribution in [0.15, 0.2) is 46.1 Å². The van der Waals surface area contributed by atoms with Crippen LogP contribution in [0.2, 0.25) is 0 Å². The summed E-state index contributed by atoms with van der Waals surface area (Å²) in [6.45, 7) is 5.73. The molecule has 0 spiro atoms. The van der Waals surface area contributed by atoms with Gasteiger partial charge in [0, 0.05) is 11.8 Å². The Labute approximate surface area is 206 Å². The number of aliphatic hydroxyl groups is 1. The second-order valence-electron chi connectivity index (χ2n) is 8.86. The third kappa shape index (κ3) is 6.70. The van der Waals surface area contributed by atoms with E-state index in [9.17, 15) is 28.4 Å². The first kappa shape index (κ1) is 27.8. The van der Waals surface area contributed by atoms with E-state index in [0.717, 1.165) is 10.8 Å². The van der Waals surface area contributed by atoms with Crippen molar-refractivity contribution in [1.82, 2.24) is 9.55 Å². The maximum absolute atomic E-state index is 14.9. The number of esters is 1. The molecule has 2 aromatic rings. The van der Waals surface area contributed by atoms with Crippen molar-refractivity contribution in [2.75, 3.05) is 12.8 Å². The normalized spacial score (nSPS) is 24.3. The molecule has 11 nitrogen and oxygen atoms in total. The van der Waals surface area contributed by atoms with E-state index in [-0.39, 0.29) is 23.6 Å². The van der Waals surface area contributed by atoms with Crippen molar-refractivity contribution < 1.29 is 37.4 Å². The number of nitrogens with one attached hydrogen (secondary N) is 1. The molecule has 0 bridgehead atoms. The summed E-state index contributed by atoms with van der Waals surface area (Å²) in [5, 5.41) is 10.4. The summed E-state index contributed by atoms with van der Waals surface area (Å²) < 4.78 is 51.2. The van der Waals surface area contributed by atoms with Crippen molar-refractivity contribution in [3.8, 4) is 5.75 Å². The number of aryl methyl sites for hydroxylation is 1. The van der Waals surface area contributed by atoms with Crippen LogP contribution in [0.1, 0.15) is 32.6 Å². The van der Waals surface area contributed by atoms with Crippen LogP contribution in [0.25, 0.3) is 0 Å². The van der Waals surface area contributed by atoms with Crippen LogP contribution in [0.4, 0.5) is 4.39 Å². The summed E-state index contributed by atoms with van der Waals surface area (Å²) in [4.78, 5) is 38.1. The van der Waals surface area contributed by atoms with Gasteiger partial charge in [0.25, 0.3) is 5.56 Å². The minimum atomic E-state index is -4.04. The molecule has 0 amide bonds. The number of halogens is 1. The average molecular weight is 528 g/mol. The molecule has 1 aliphatic rings. The van der Waals surface area contributed by atoms with E-state index in [2.05, 4.69) is 0 Å². The highest BCUT2D eigenvalue weighted by Crippen LogP contribution is 2.50. The predicted molar refractivity (Wildman–Crippen MR) is 127 cm³/mol. The average Bonchev–Trinajstić information content (AvgIpc) is 3.08. The Hall–Kier alpha value is -2.79. The number of aromatic amines is 1. The number of carbonyl (C=O) groups excluding carboxylic acids is 1. The SMILES string of the molecule is Cc1cn([C@H]2O[C@@H](CO[P@](=O)(C[C@@H](C)C(=O)OC(C)C)Oc3ccccc3)[C@H](O)[C@H]2F)c(=O)[nH]c1=O. The molecule has 3 rings (SSSR count). The smallest absolute Gasteiger partial charge is 0.380 e. The molecule has 1 aromatic carbocycles. The highest BCUT2D eigenvalue weighted by Gasteiger charge is 2.47. The van der Waals surface area contributed by atoms with Crippen molar-refractivity contribution in [1.29, 1.82) is 0 Å². The highest BCUT2D eigenvalue weighted by atomic mass is 31.2. The lowest BCUT2D eigenvalue weighted by atomic mass is 10.1. The van der Waals surface area contributed by atoms with Crippen LogP contribution in [0.5, 0.6) is 5.75 Å². The first-order chi connectivity index (χ1) is 16.9. The van der Waals surface area contributed by atoms with Gasteiger partial charge in [-0.15, -0.1) is 0 Å². The van der Waals surface area contributed by atoms with Crippen molar-refractivity contribution in [2.45, 2.75) is 58.4 Å². The Kier molecular flexibility index (Phi) is 8.89. The lowest BCUT2D eigenvalue weighted by Crippen LogP contribution is -2.36. The van der Waals surface area contributed by atoms with E-state index in [1.807, 2.05) is 4.98 Å². The molecule has 0 radical (unpaired) electrons. The van der Waals surface area contributed by atoms with Gasteiger partial charge in [-0.25, -0.2) is 13.8 Å². The van der Waals surface area contributed by atoms with Crippen LogP contribution in [0, 0.1) is 12.8 Å². The number of hydrogen-bond acceptors (Lipinski definition) is 9. The summed E-state index contributed by atoms with van der Waals surface area (Å²) in [6, 6.07) is 8.13. The molecule has 0 saturated carbocycles. The topological polar surface area (TPSA) is 146 Å². The standard InChI is InChI=1S/C23H30FN2O9P/c1-13(2)33-22(29)15(4)12-36(31,35-16-8-6-5-7-9-16)32-11-17-19(27)18(24)21(34-17)26-10-14(3)20(28)25-23(26)30/h5-10,13,15,17-19,21,27H,11-12H2,1-4H3,(H,25,28,30)/t15-,17+,18-,19+,21+,36-/m1/s1. The third-order valence-electron chi connectivity index (χ3n) is 5.39. The zero-order valence-corrected chi connectivity index (χ0v) is 21.2. The third-order valence-corrected chi connectivity index (χ3v) is 7.42. The van der Waals surface area contributed by atoms with Crippen LogP contribution >= 0.6 is 7.60 Å². The van der Waals surface area contributed by atoms with E-state index >= 15 is 0 Å². The molecule has 2 heterocycles. The van der Waals surface area contributed by atoms with Gasteiger partial charge in [0.2, 0.25) is 0 Å². The maximum Gasteiger partial charge on any atom is 0.380 e. The van der Waals surface area contributed by atoms with Gasteiger partial charge in [-0.2, -0.15) is 0 Å².